The second-order valence-corrected chi connectivity index (χ2v) is 4.53. The van der Waals surface area contributed by atoms with Gasteiger partial charge in [0.15, 0.2) is 0 Å². The van der Waals surface area contributed by atoms with Crippen molar-refractivity contribution >= 4 is 5.97 Å². The van der Waals surface area contributed by atoms with Crippen molar-refractivity contribution < 1.29 is 14.3 Å². The third kappa shape index (κ3) is 2.71. The number of nitrogens with two attached hydrogens (primary N) is 1. The zero-order chi connectivity index (χ0) is 13.0. The van der Waals surface area contributed by atoms with Crippen molar-refractivity contribution in [1.29, 1.82) is 0 Å². The fraction of sp³-hybridized carbons (Fsp3) is 0.500. The van der Waals surface area contributed by atoms with E-state index in [-0.39, 0.29) is 11.9 Å². The third-order valence-corrected chi connectivity index (χ3v) is 3.28. The van der Waals surface area contributed by atoms with Gasteiger partial charge < -0.3 is 15.2 Å². The molecule has 0 saturated heterocycles. The Morgan fingerprint density at radius 2 is 2.11 bits per heavy atom. The van der Waals surface area contributed by atoms with Gasteiger partial charge in [-0.1, -0.05) is 30.3 Å². The van der Waals surface area contributed by atoms with Crippen LogP contribution in [0, 0.1) is 5.92 Å². The van der Waals surface area contributed by atoms with Gasteiger partial charge >= 0.3 is 5.97 Å². The number of hydrogen-bond donors (Lipinski definition) is 1. The van der Waals surface area contributed by atoms with Gasteiger partial charge in [0.1, 0.15) is 6.61 Å². The van der Waals surface area contributed by atoms with Crippen LogP contribution in [-0.4, -0.2) is 25.8 Å². The van der Waals surface area contributed by atoms with Crippen LogP contribution in [0.5, 0.6) is 0 Å². The van der Waals surface area contributed by atoms with Gasteiger partial charge in [-0.3, -0.25) is 4.79 Å². The molecule has 2 rings (SSSR count). The van der Waals surface area contributed by atoms with Crippen LogP contribution in [0.15, 0.2) is 30.3 Å². The molecule has 1 aliphatic carbocycles. The molecule has 2 N–H and O–H groups in total. The predicted molar refractivity (Wildman–Crippen MR) is 67.9 cm³/mol. The SMILES string of the molecule is CCOCCOC(=O)[C@@H]1C[C@@]1(N)c1ccccc1. The largest absolute Gasteiger partial charge is 0.463 e. The summed E-state index contributed by atoms with van der Waals surface area (Å²) in [6, 6.07) is 9.70. The van der Waals surface area contributed by atoms with E-state index >= 15 is 0 Å². The highest BCUT2D eigenvalue weighted by atomic mass is 16.6. The van der Waals surface area contributed by atoms with Crippen LogP contribution >= 0.6 is 0 Å². The third-order valence-electron chi connectivity index (χ3n) is 3.28. The molecule has 2 atom stereocenters. The molecule has 1 aliphatic rings. The number of rotatable bonds is 6. The minimum atomic E-state index is -0.538. The van der Waals surface area contributed by atoms with E-state index in [1.807, 2.05) is 37.3 Å². The lowest BCUT2D eigenvalue weighted by Crippen LogP contribution is -2.26. The molecule has 1 aromatic carbocycles. The molecule has 0 unspecified atom stereocenters. The molecule has 0 heterocycles. The van der Waals surface area contributed by atoms with Gasteiger partial charge in [0.2, 0.25) is 0 Å². The van der Waals surface area contributed by atoms with E-state index in [0.29, 0.717) is 26.2 Å². The van der Waals surface area contributed by atoms with Gasteiger partial charge in [-0.25, -0.2) is 0 Å². The number of carbonyl (C=O) groups is 1. The standard InChI is InChI=1S/C14H19NO3/c1-2-17-8-9-18-13(16)12-10-14(12,15)11-6-4-3-5-7-11/h3-7,12H,2,8-10,15H2,1H3/t12-,14+/m0/s1. The summed E-state index contributed by atoms with van der Waals surface area (Å²) in [5.41, 5.74) is 6.67. The first kappa shape index (κ1) is 13.1. The summed E-state index contributed by atoms with van der Waals surface area (Å²) in [5, 5.41) is 0. The molecular weight excluding hydrogens is 230 g/mol. The van der Waals surface area contributed by atoms with Crippen molar-refractivity contribution in [2.45, 2.75) is 18.9 Å². The number of carbonyl (C=O) groups excluding carboxylic acids is 1. The van der Waals surface area contributed by atoms with Crippen LogP contribution in [0.25, 0.3) is 0 Å². The minimum Gasteiger partial charge on any atom is -0.463 e. The highest BCUT2D eigenvalue weighted by Gasteiger charge is 2.57. The van der Waals surface area contributed by atoms with E-state index in [1.165, 1.54) is 0 Å². The predicted octanol–water partition coefficient (Wildman–Crippen LogP) is 1.44. The smallest absolute Gasteiger partial charge is 0.311 e. The topological polar surface area (TPSA) is 61.5 Å². The zero-order valence-electron chi connectivity index (χ0n) is 10.6. The zero-order valence-corrected chi connectivity index (χ0v) is 10.6. The number of hydrogen-bond acceptors (Lipinski definition) is 4. The second-order valence-electron chi connectivity index (χ2n) is 4.53. The lowest BCUT2D eigenvalue weighted by Gasteiger charge is -2.11. The van der Waals surface area contributed by atoms with Gasteiger partial charge in [-0.05, 0) is 18.9 Å². The maximum absolute atomic E-state index is 11.8. The van der Waals surface area contributed by atoms with Crippen LogP contribution in [0.4, 0.5) is 0 Å². The first-order valence-electron chi connectivity index (χ1n) is 6.27. The molecule has 4 nitrogen and oxygen atoms in total. The molecule has 98 valence electrons. The molecule has 18 heavy (non-hydrogen) atoms. The highest BCUT2D eigenvalue weighted by molar-refractivity contribution is 5.78. The Hall–Kier alpha value is -1.39. The molecule has 1 saturated carbocycles. The van der Waals surface area contributed by atoms with Crippen molar-refractivity contribution in [1.82, 2.24) is 0 Å². The Morgan fingerprint density at radius 3 is 2.78 bits per heavy atom. The van der Waals surface area contributed by atoms with Crippen LogP contribution < -0.4 is 5.73 Å². The average molecular weight is 249 g/mol. The molecule has 0 spiro atoms. The Bertz CT molecular complexity index is 407. The first-order chi connectivity index (χ1) is 8.68. The average Bonchev–Trinajstić information content (AvgIpc) is 3.10. The summed E-state index contributed by atoms with van der Waals surface area (Å²) in [7, 11) is 0. The molecule has 1 fully saturated rings. The molecule has 4 heteroatoms. The summed E-state index contributed by atoms with van der Waals surface area (Å²) in [6.45, 7) is 3.28. The first-order valence-corrected chi connectivity index (χ1v) is 6.27. The van der Waals surface area contributed by atoms with Gasteiger partial charge in [-0.2, -0.15) is 0 Å². The van der Waals surface area contributed by atoms with Crippen LogP contribution in [0.3, 0.4) is 0 Å². The van der Waals surface area contributed by atoms with E-state index in [4.69, 9.17) is 15.2 Å². The summed E-state index contributed by atoms with van der Waals surface area (Å²) < 4.78 is 10.3. The van der Waals surface area contributed by atoms with Crippen molar-refractivity contribution in [3.05, 3.63) is 35.9 Å². The highest BCUT2D eigenvalue weighted by Crippen LogP contribution is 2.50. The molecular formula is C14H19NO3. The van der Waals surface area contributed by atoms with E-state index in [2.05, 4.69) is 0 Å². The van der Waals surface area contributed by atoms with Crippen molar-refractivity contribution in [3.63, 3.8) is 0 Å². The fourth-order valence-corrected chi connectivity index (χ4v) is 2.09. The fourth-order valence-electron chi connectivity index (χ4n) is 2.09. The van der Waals surface area contributed by atoms with Crippen LogP contribution in [-0.2, 0) is 19.8 Å². The van der Waals surface area contributed by atoms with Gasteiger partial charge in [0.05, 0.1) is 18.1 Å². The molecule has 0 radical (unpaired) electrons. The lowest BCUT2D eigenvalue weighted by atomic mass is 10.0. The maximum atomic E-state index is 11.8. The van der Waals surface area contributed by atoms with Crippen LogP contribution in [0.1, 0.15) is 18.9 Å². The summed E-state index contributed by atoms with van der Waals surface area (Å²) in [4.78, 5) is 11.8. The Kier molecular flexibility index (Phi) is 3.99. The summed E-state index contributed by atoms with van der Waals surface area (Å²) >= 11 is 0. The monoisotopic (exact) mass is 249 g/mol. The van der Waals surface area contributed by atoms with E-state index < -0.39 is 5.54 Å². The van der Waals surface area contributed by atoms with Crippen LogP contribution in [0.2, 0.25) is 0 Å². The Morgan fingerprint density at radius 1 is 1.39 bits per heavy atom. The molecule has 0 bridgehead atoms. The minimum absolute atomic E-state index is 0.221. The quantitative estimate of drug-likeness (QED) is 0.612. The second kappa shape index (κ2) is 5.50. The number of benzene rings is 1. The van der Waals surface area contributed by atoms with Gasteiger partial charge in [0.25, 0.3) is 0 Å². The lowest BCUT2D eigenvalue weighted by molar-refractivity contribution is -0.147. The summed E-state index contributed by atoms with van der Waals surface area (Å²) in [5.74, 6) is -0.442. The van der Waals surface area contributed by atoms with E-state index in [1.54, 1.807) is 0 Å². The normalized spacial score (nSPS) is 25.8. The van der Waals surface area contributed by atoms with Gasteiger partial charge in [-0.15, -0.1) is 0 Å². The maximum Gasteiger partial charge on any atom is 0.311 e. The molecule has 0 aliphatic heterocycles. The van der Waals surface area contributed by atoms with Gasteiger partial charge in [0, 0.05) is 6.61 Å². The Balaban J connectivity index is 1.84. The number of esters is 1. The van der Waals surface area contributed by atoms with Crippen molar-refractivity contribution in [2.24, 2.45) is 11.7 Å². The number of ether oxygens (including phenoxy) is 2. The van der Waals surface area contributed by atoms with E-state index in [0.717, 1.165) is 5.56 Å². The van der Waals surface area contributed by atoms with Crippen molar-refractivity contribution in [2.75, 3.05) is 19.8 Å². The molecule has 0 amide bonds. The molecule has 1 aromatic rings. The summed E-state index contributed by atoms with van der Waals surface area (Å²) in [6.07, 6.45) is 0.657. The Labute approximate surface area is 107 Å². The van der Waals surface area contributed by atoms with E-state index in [9.17, 15) is 4.79 Å². The van der Waals surface area contributed by atoms with Crippen molar-refractivity contribution in [3.8, 4) is 0 Å². The molecule has 0 aromatic heterocycles.